The molecule has 1 heterocycles. The molecule has 1 saturated heterocycles. The smallest absolute Gasteiger partial charge is 0.253 e. The highest BCUT2D eigenvalue weighted by Gasteiger charge is 2.22. The number of rotatable bonds is 6. The van der Waals surface area contributed by atoms with Crippen LogP contribution in [0.1, 0.15) is 22.3 Å². The van der Waals surface area contributed by atoms with Crippen molar-refractivity contribution in [2.75, 3.05) is 39.3 Å². The first-order valence-corrected chi connectivity index (χ1v) is 10.0. The summed E-state index contributed by atoms with van der Waals surface area (Å²) in [5.74, 6) is 0.608. The number of hydrogen-bond acceptors (Lipinski definition) is 5. The van der Waals surface area contributed by atoms with Crippen molar-refractivity contribution in [2.24, 2.45) is 0 Å². The summed E-state index contributed by atoms with van der Waals surface area (Å²) in [4.78, 5) is 16.7. The molecule has 0 spiro atoms. The average molecular weight is 414 g/mol. The van der Waals surface area contributed by atoms with E-state index in [4.69, 9.17) is 21.6 Å². The maximum atomic E-state index is 12.7. The molecule has 0 radical (unpaired) electrons. The predicted molar refractivity (Wildman–Crippen MR) is 111 cm³/mol. The molecule has 1 atom stereocenters. The molecule has 0 saturated carbocycles. The van der Waals surface area contributed by atoms with Gasteiger partial charge in [0.05, 0.1) is 11.6 Å². The van der Waals surface area contributed by atoms with Crippen LogP contribution in [0.3, 0.4) is 0 Å². The number of nitriles is 1. The third-order valence-electron chi connectivity index (χ3n) is 4.84. The quantitative estimate of drug-likeness (QED) is 0.788. The molecule has 1 aliphatic heterocycles. The van der Waals surface area contributed by atoms with E-state index >= 15 is 0 Å². The molecule has 1 N–H and O–H groups in total. The molecule has 1 aliphatic rings. The Hall–Kier alpha value is -2.59. The summed E-state index contributed by atoms with van der Waals surface area (Å²) in [7, 11) is 0. The molecular weight excluding hydrogens is 390 g/mol. The van der Waals surface area contributed by atoms with Crippen LogP contribution in [0.2, 0.25) is 5.02 Å². The highest BCUT2D eigenvalue weighted by Crippen LogP contribution is 2.15. The van der Waals surface area contributed by atoms with Gasteiger partial charge >= 0.3 is 0 Å². The molecule has 0 aromatic heterocycles. The monoisotopic (exact) mass is 413 g/mol. The predicted octanol–water partition coefficient (Wildman–Crippen LogP) is 2.80. The van der Waals surface area contributed by atoms with Crippen molar-refractivity contribution < 1.29 is 14.6 Å². The number of hydrogen-bond donors (Lipinski definition) is 1. The van der Waals surface area contributed by atoms with Crippen LogP contribution in [0.25, 0.3) is 0 Å². The van der Waals surface area contributed by atoms with Gasteiger partial charge in [-0.2, -0.15) is 5.26 Å². The highest BCUT2D eigenvalue weighted by molar-refractivity contribution is 6.30. The molecule has 1 amide bonds. The van der Waals surface area contributed by atoms with Crippen LogP contribution < -0.4 is 4.74 Å². The summed E-state index contributed by atoms with van der Waals surface area (Å²) in [6.07, 6.45) is 0.205. The zero-order valence-corrected chi connectivity index (χ0v) is 16.9. The van der Waals surface area contributed by atoms with E-state index in [-0.39, 0.29) is 12.5 Å². The lowest BCUT2D eigenvalue weighted by atomic mass is 10.2. The minimum absolute atomic E-state index is 0.0148. The second-order valence-corrected chi connectivity index (χ2v) is 7.49. The van der Waals surface area contributed by atoms with Gasteiger partial charge in [-0.05, 0) is 55.4 Å². The Morgan fingerprint density at radius 3 is 2.69 bits per heavy atom. The van der Waals surface area contributed by atoms with E-state index in [9.17, 15) is 9.90 Å². The zero-order chi connectivity index (χ0) is 20.6. The van der Waals surface area contributed by atoms with Gasteiger partial charge < -0.3 is 14.7 Å². The van der Waals surface area contributed by atoms with Crippen molar-refractivity contribution >= 4 is 17.5 Å². The van der Waals surface area contributed by atoms with E-state index in [1.54, 1.807) is 48.5 Å². The fourth-order valence-electron chi connectivity index (χ4n) is 3.33. The number of aliphatic hydroxyl groups is 1. The highest BCUT2D eigenvalue weighted by atomic mass is 35.5. The standard InChI is InChI=1S/C22H24ClN3O3/c23-19-4-1-3-18(13-19)22(28)26-10-2-9-25(11-12-26)15-20(27)16-29-21-7-5-17(14-24)6-8-21/h1,3-8,13,20,27H,2,9-12,15-16H2. The minimum Gasteiger partial charge on any atom is -0.491 e. The van der Waals surface area contributed by atoms with Crippen LogP contribution in [0, 0.1) is 11.3 Å². The Bertz CT molecular complexity index is 866. The summed E-state index contributed by atoms with van der Waals surface area (Å²) in [6, 6.07) is 15.9. The number of halogens is 1. The molecule has 6 nitrogen and oxygen atoms in total. The third kappa shape index (κ3) is 6.20. The molecule has 3 rings (SSSR count). The second-order valence-electron chi connectivity index (χ2n) is 7.06. The fourth-order valence-corrected chi connectivity index (χ4v) is 3.52. The summed E-state index contributed by atoms with van der Waals surface area (Å²) < 4.78 is 5.61. The number of β-amino-alcohol motifs (C(OH)–C–C–N with tert-alkyl or cyclic N) is 1. The number of benzene rings is 2. The van der Waals surface area contributed by atoms with Gasteiger partial charge in [-0.15, -0.1) is 0 Å². The topological polar surface area (TPSA) is 76.8 Å². The Morgan fingerprint density at radius 2 is 1.97 bits per heavy atom. The van der Waals surface area contributed by atoms with Crippen molar-refractivity contribution in [3.8, 4) is 11.8 Å². The molecule has 152 valence electrons. The molecule has 2 aromatic rings. The van der Waals surface area contributed by atoms with Crippen LogP contribution in [-0.4, -0.2) is 66.2 Å². The Morgan fingerprint density at radius 1 is 1.17 bits per heavy atom. The van der Waals surface area contributed by atoms with Crippen molar-refractivity contribution in [1.82, 2.24) is 9.80 Å². The van der Waals surface area contributed by atoms with Crippen LogP contribution in [-0.2, 0) is 0 Å². The lowest BCUT2D eigenvalue weighted by molar-refractivity contribution is 0.0670. The number of carbonyl (C=O) groups is 1. The lowest BCUT2D eigenvalue weighted by Crippen LogP contribution is -2.39. The molecule has 2 aromatic carbocycles. The van der Waals surface area contributed by atoms with Gasteiger partial charge in [0.1, 0.15) is 18.5 Å². The van der Waals surface area contributed by atoms with Gasteiger partial charge in [0.25, 0.3) is 5.91 Å². The first kappa shape index (κ1) is 21.1. The summed E-state index contributed by atoms with van der Waals surface area (Å²) >= 11 is 6.00. The summed E-state index contributed by atoms with van der Waals surface area (Å²) in [6.45, 7) is 3.45. The maximum absolute atomic E-state index is 12.7. The van der Waals surface area contributed by atoms with Gasteiger partial charge in [0.15, 0.2) is 0 Å². The third-order valence-corrected chi connectivity index (χ3v) is 5.08. The minimum atomic E-state index is -0.638. The molecule has 1 unspecified atom stereocenters. The number of carbonyl (C=O) groups excluding carboxylic acids is 1. The number of aliphatic hydroxyl groups excluding tert-OH is 1. The first-order valence-electron chi connectivity index (χ1n) is 9.63. The van der Waals surface area contributed by atoms with E-state index in [1.807, 2.05) is 4.90 Å². The van der Waals surface area contributed by atoms with E-state index < -0.39 is 6.10 Å². The van der Waals surface area contributed by atoms with Gasteiger partial charge in [-0.1, -0.05) is 17.7 Å². The van der Waals surface area contributed by atoms with Gasteiger partial charge in [-0.25, -0.2) is 0 Å². The van der Waals surface area contributed by atoms with Crippen LogP contribution in [0.4, 0.5) is 0 Å². The van der Waals surface area contributed by atoms with E-state index in [1.165, 1.54) is 0 Å². The number of nitrogens with zero attached hydrogens (tertiary/aromatic N) is 3. The molecule has 0 bridgehead atoms. The zero-order valence-electron chi connectivity index (χ0n) is 16.1. The first-order chi connectivity index (χ1) is 14.0. The molecule has 29 heavy (non-hydrogen) atoms. The molecule has 0 aliphatic carbocycles. The number of ether oxygens (including phenoxy) is 1. The summed E-state index contributed by atoms with van der Waals surface area (Å²) in [5.41, 5.74) is 1.17. The fraction of sp³-hybridized carbons (Fsp3) is 0.364. The van der Waals surface area contributed by atoms with Gasteiger partial charge in [0.2, 0.25) is 0 Å². The van der Waals surface area contributed by atoms with Crippen molar-refractivity contribution in [3.05, 3.63) is 64.7 Å². The normalized spacial score (nSPS) is 16.0. The SMILES string of the molecule is N#Cc1ccc(OCC(O)CN2CCCN(C(=O)c3cccc(Cl)c3)CC2)cc1. The van der Waals surface area contributed by atoms with E-state index in [0.717, 1.165) is 13.0 Å². The van der Waals surface area contributed by atoms with Crippen LogP contribution >= 0.6 is 11.6 Å². The second kappa shape index (κ2) is 10.3. The van der Waals surface area contributed by atoms with Gasteiger partial charge in [0, 0.05) is 36.8 Å². The molecule has 7 heteroatoms. The van der Waals surface area contributed by atoms with Crippen LogP contribution in [0.5, 0.6) is 5.75 Å². The number of amides is 1. The van der Waals surface area contributed by atoms with Crippen molar-refractivity contribution in [2.45, 2.75) is 12.5 Å². The average Bonchev–Trinajstić information content (AvgIpc) is 2.97. The molecule has 1 fully saturated rings. The van der Waals surface area contributed by atoms with Gasteiger partial charge in [-0.3, -0.25) is 9.69 Å². The largest absolute Gasteiger partial charge is 0.491 e. The van der Waals surface area contributed by atoms with E-state index in [2.05, 4.69) is 11.0 Å². The Kier molecular flexibility index (Phi) is 7.48. The Balaban J connectivity index is 1.46. The van der Waals surface area contributed by atoms with Crippen molar-refractivity contribution in [3.63, 3.8) is 0 Å². The van der Waals surface area contributed by atoms with E-state index in [0.29, 0.717) is 48.1 Å². The molecular formula is C22H24ClN3O3. The summed E-state index contributed by atoms with van der Waals surface area (Å²) in [5, 5.41) is 19.7. The maximum Gasteiger partial charge on any atom is 0.253 e. The Labute approximate surface area is 175 Å². The van der Waals surface area contributed by atoms with Crippen LogP contribution in [0.15, 0.2) is 48.5 Å². The van der Waals surface area contributed by atoms with Crippen molar-refractivity contribution in [1.29, 1.82) is 5.26 Å². The lowest BCUT2D eigenvalue weighted by Gasteiger charge is -2.24.